The molecule has 4 nitrogen and oxygen atoms in total. The van der Waals surface area contributed by atoms with Crippen LogP contribution < -0.4 is 14.4 Å². The Bertz CT molecular complexity index is 1000. The second-order valence-corrected chi connectivity index (χ2v) is 6.77. The van der Waals surface area contributed by atoms with Crippen molar-refractivity contribution in [1.82, 2.24) is 0 Å². The highest BCUT2D eigenvalue weighted by Crippen LogP contribution is 2.40. The van der Waals surface area contributed by atoms with E-state index in [0.717, 1.165) is 16.8 Å². The van der Waals surface area contributed by atoms with Crippen molar-refractivity contribution in [2.75, 3.05) is 4.90 Å². The lowest BCUT2D eigenvalue weighted by Gasteiger charge is -2.20. The van der Waals surface area contributed by atoms with E-state index in [4.69, 9.17) is 9.47 Å². The predicted molar refractivity (Wildman–Crippen MR) is 105 cm³/mol. The van der Waals surface area contributed by atoms with E-state index in [2.05, 4.69) is 0 Å². The molecule has 3 aromatic rings. The fraction of sp³-hybridized carbons (Fsp3) is 0.174. The number of carbonyl (C=O) groups excluding carboxylic acids is 1. The van der Waals surface area contributed by atoms with Crippen molar-refractivity contribution < 1.29 is 18.7 Å². The lowest BCUT2D eigenvalue weighted by molar-refractivity contribution is -0.120. The molecule has 0 radical (unpaired) electrons. The van der Waals surface area contributed by atoms with E-state index in [0.29, 0.717) is 48.8 Å². The lowest BCUT2D eigenvalue weighted by Crippen LogP contribution is -2.15. The van der Waals surface area contributed by atoms with Gasteiger partial charge >= 0.3 is 0 Å². The fourth-order valence-electron chi connectivity index (χ4n) is 3.55. The molecule has 0 atom stereocenters. The van der Waals surface area contributed by atoms with Gasteiger partial charge in [-0.15, -0.1) is 0 Å². The number of hydrogen-bond acceptors (Lipinski definition) is 4. The van der Waals surface area contributed by atoms with Crippen LogP contribution in [-0.4, -0.2) is 6.47 Å². The molecule has 0 saturated carbocycles. The molecule has 1 aliphatic heterocycles. The van der Waals surface area contributed by atoms with E-state index in [1.807, 2.05) is 47.4 Å². The maximum Gasteiger partial charge on any atom is 0.298 e. The monoisotopic (exact) mass is 377 g/mol. The molecule has 1 aliphatic rings. The number of rotatable bonds is 6. The first-order valence-electron chi connectivity index (χ1n) is 9.09. The minimum Gasteiger partial charge on any atom is -0.489 e. The number of nitrogens with zero attached hydrogens (tertiary/aromatic N) is 1. The minimum atomic E-state index is -0.210. The van der Waals surface area contributed by atoms with Crippen molar-refractivity contribution in [2.45, 2.75) is 26.6 Å². The third-order valence-electron chi connectivity index (χ3n) is 4.94. The van der Waals surface area contributed by atoms with Crippen LogP contribution in [0.15, 0.2) is 60.7 Å². The van der Waals surface area contributed by atoms with Crippen LogP contribution in [0.2, 0.25) is 0 Å². The van der Waals surface area contributed by atoms with Gasteiger partial charge in [0.15, 0.2) is 5.75 Å². The smallest absolute Gasteiger partial charge is 0.298 e. The van der Waals surface area contributed by atoms with Crippen LogP contribution in [0.3, 0.4) is 0 Å². The number of benzene rings is 3. The minimum absolute atomic E-state index is 0.210. The Morgan fingerprint density at radius 3 is 2.50 bits per heavy atom. The number of para-hydroxylation sites is 2. The quantitative estimate of drug-likeness (QED) is 0.580. The van der Waals surface area contributed by atoms with Gasteiger partial charge in [-0.05, 0) is 36.2 Å². The highest BCUT2D eigenvalue weighted by Gasteiger charge is 2.28. The van der Waals surface area contributed by atoms with E-state index in [1.54, 1.807) is 25.1 Å². The van der Waals surface area contributed by atoms with Crippen LogP contribution in [0.1, 0.15) is 22.3 Å². The van der Waals surface area contributed by atoms with Crippen molar-refractivity contribution in [3.63, 3.8) is 0 Å². The molecule has 5 heteroatoms. The average molecular weight is 377 g/mol. The molecule has 0 fully saturated rings. The predicted octanol–water partition coefficient (Wildman–Crippen LogP) is 4.77. The molecule has 142 valence electrons. The maximum absolute atomic E-state index is 14.8. The summed E-state index contributed by atoms with van der Waals surface area (Å²) >= 11 is 0. The molecular weight excluding hydrogens is 357 g/mol. The molecule has 3 aromatic carbocycles. The number of anilines is 1. The normalized spacial score (nSPS) is 12.6. The summed E-state index contributed by atoms with van der Waals surface area (Å²) in [5, 5.41) is 0. The topological polar surface area (TPSA) is 38.8 Å². The number of ether oxygens (including phenoxy) is 2. The van der Waals surface area contributed by atoms with Crippen LogP contribution in [0, 0.1) is 12.7 Å². The second-order valence-electron chi connectivity index (χ2n) is 6.77. The first kappa shape index (κ1) is 18.0. The Balaban J connectivity index is 1.64. The third-order valence-corrected chi connectivity index (χ3v) is 4.94. The molecular formula is C23H20FNO3. The SMILES string of the molecule is Cc1cc(OCc2ccccc2)c2c(c1F)CN(c1ccccc1OC=O)C2. The maximum atomic E-state index is 14.8. The van der Waals surface area contributed by atoms with E-state index in [-0.39, 0.29) is 5.82 Å². The Morgan fingerprint density at radius 2 is 1.71 bits per heavy atom. The zero-order valence-electron chi connectivity index (χ0n) is 15.5. The van der Waals surface area contributed by atoms with E-state index < -0.39 is 0 Å². The highest BCUT2D eigenvalue weighted by molar-refractivity contribution is 5.65. The van der Waals surface area contributed by atoms with E-state index in [1.165, 1.54) is 0 Å². The zero-order chi connectivity index (χ0) is 19.5. The van der Waals surface area contributed by atoms with Crippen molar-refractivity contribution >= 4 is 12.2 Å². The molecule has 0 spiro atoms. The van der Waals surface area contributed by atoms with Gasteiger partial charge < -0.3 is 14.4 Å². The summed E-state index contributed by atoms with van der Waals surface area (Å²) in [5.41, 5.74) is 3.82. The van der Waals surface area contributed by atoms with Crippen molar-refractivity contribution in [3.05, 3.63) is 88.7 Å². The van der Waals surface area contributed by atoms with Crippen molar-refractivity contribution in [3.8, 4) is 11.5 Å². The first-order valence-corrected chi connectivity index (χ1v) is 9.09. The molecule has 4 rings (SSSR count). The zero-order valence-corrected chi connectivity index (χ0v) is 15.5. The molecule has 0 amide bonds. The first-order chi connectivity index (χ1) is 13.7. The largest absolute Gasteiger partial charge is 0.489 e. The summed E-state index contributed by atoms with van der Waals surface area (Å²) in [6.45, 7) is 3.45. The molecule has 0 N–H and O–H groups in total. The Morgan fingerprint density at radius 1 is 1.00 bits per heavy atom. The van der Waals surface area contributed by atoms with Gasteiger partial charge in [0.2, 0.25) is 0 Å². The second kappa shape index (κ2) is 7.72. The summed E-state index contributed by atoms with van der Waals surface area (Å²) < 4.78 is 26.0. The lowest BCUT2D eigenvalue weighted by atomic mass is 10.0. The van der Waals surface area contributed by atoms with Gasteiger partial charge in [-0.25, -0.2) is 4.39 Å². The molecule has 1 heterocycles. The molecule has 0 aliphatic carbocycles. The number of hydrogen-bond donors (Lipinski definition) is 0. The Kier molecular flexibility index (Phi) is 4.98. The van der Waals surface area contributed by atoms with Gasteiger partial charge in [-0.2, -0.15) is 0 Å². The van der Waals surface area contributed by atoms with Crippen LogP contribution in [0.25, 0.3) is 0 Å². The molecule has 0 unspecified atom stereocenters. The van der Waals surface area contributed by atoms with Gasteiger partial charge in [0.25, 0.3) is 6.47 Å². The summed E-state index contributed by atoms with van der Waals surface area (Å²) in [7, 11) is 0. The summed E-state index contributed by atoms with van der Waals surface area (Å²) in [6, 6.07) is 18.9. The molecule has 0 saturated heterocycles. The van der Waals surface area contributed by atoms with Gasteiger partial charge in [-0.3, -0.25) is 4.79 Å². The van der Waals surface area contributed by atoms with Crippen LogP contribution >= 0.6 is 0 Å². The number of fused-ring (bicyclic) bond motifs is 1. The van der Waals surface area contributed by atoms with Crippen LogP contribution in [0.5, 0.6) is 11.5 Å². The van der Waals surface area contributed by atoms with Gasteiger partial charge in [0.1, 0.15) is 18.2 Å². The van der Waals surface area contributed by atoms with E-state index in [9.17, 15) is 9.18 Å². The van der Waals surface area contributed by atoms with Crippen LogP contribution in [-0.2, 0) is 24.5 Å². The van der Waals surface area contributed by atoms with Gasteiger partial charge in [-0.1, -0.05) is 42.5 Å². The van der Waals surface area contributed by atoms with Crippen molar-refractivity contribution in [2.24, 2.45) is 0 Å². The van der Waals surface area contributed by atoms with Gasteiger partial charge in [0.05, 0.1) is 5.69 Å². The van der Waals surface area contributed by atoms with E-state index >= 15 is 0 Å². The fourth-order valence-corrected chi connectivity index (χ4v) is 3.55. The third kappa shape index (κ3) is 3.43. The highest BCUT2D eigenvalue weighted by atomic mass is 19.1. The summed E-state index contributed by atoms with van der Waals surface area (Å²) in [4.78, 5) is 12.8. The van der Waals surface area contributed by atoms with Crippen molar-refractivity contribution in [1.29, 1.82) is 0 Å². The van der Waals surface area contributed by atoms with Gasteiger partial charge in [0, 0.05) is 24.2 Å². The standard InChI is InChI=1S/C23H20FNO3/c1-16-11-22(27-14-17-7-3-2-4-8-17)18-12-25(13-19(18)23(16)24)20-9-5-6-10-21(20)28-15-26/h2-11,15H,12-14H2,1H3. The molecule has 0 aromatic heterocycles. The number of halogens is 1. The molecule has 28 heavy (non-hydrogen) atoms. The molecule has 0 bridgehead atoms. The number of aryl methyl sites for hydroxylation is 1. The Hall–Kier alpha value is -3.34. The number of carbonyl (C=O) groups is 1. The summed E-state index contributed by atoms with van der Waals surface area (Å²) in [5.74, 6) is 0.932. The Labute approximate surface area is 163 Å². The average Bonchev–Trinajstić information content (AvgIpc) is 3.17. The van der Waals surface area contributed by atoms with Crippen LogP contribution in [0.4, 0.5) is 10.1 Å². The summed E-state index contributed by atoms with van der Waals surface area (Å²) in [6.07, 6.45) is 0.